The molecule has 0 radical (unpaired) electrons. The van der Waals surface area contributed by atoms with Crippen molar-refractivity contribution in [2.75, 3.05) is 5.33 Å². The summed E-state index contributed by atoms with van der Waals surface area (Å²) in [6.45, 7) is 0. The first-order valence-corrected chi connectivity index (χ1v) is 6.43. The van der Waals surface area contributed by atoms with Crippen LogP contribution in [-0.2, 0) is 6.42 Å². The molecule has 1 aromatic carbocycles. The standard InChI is InChI=1S/C12H14BrFO/c13-6-2-1-3-11-8-9-7-10(14)4-5-12(9)15-11/h4-5,7,11H,1-3,6,8H2. The summed E-state index contributed by atoms with van der Waals surface area (Å²) in [7, 11) is 0. The first kappa shape index (κ1) is 10.9. The highest BCUT2D eigenvalue weighted by molar-refractivity contribution is 9.09. The Morgan fingerprint density at radius 1 is 1.40 bits per heavy atom. The van der Waals surface area contributed by atoms with Crippen molar-refractivity contribution in [2.24, 2.45) is 0 Å². The molecule has 1 atom stereocenters. The Bertz CT molecular complexity index is 340. The number of alkyl halides is 1. The average molecular weight is 273 g/mol. The zero-order valence-electron chi connectivity index (χ0n) is 8.51. The number of ether oxygens (including phenoxy) is 1. The number of hydrogen-bond acceptors (Lipinski definition) is 1. The minimum absolute atomic E-state index is 0.168. The van der Waals surface area contributed by atoms with Crippen molar-refractivity contribution in [3.8, 4) is 5.75 Å². The van der Waals surface area contributed by atoms with Crippen LogP contribution in [0.2, 0.25) is 0 Å². The van der Waals surface area contributed by atoms with Gasteiger partial charge in [-0.2, -0.15) is 0 Å². The molecular weight excluding hydrogens is 259 g/mol. The van der Waals surface area contributed by atoms with E-state index in [0.717, 1.165) is 35.9 Å². The van der Waals surface area contributed by atoms with E-state index in [1.165, 1.54) is 12.5 Å². The summed E-state index contributed by atoms with van der Waals surface area (Å²) >= 11 is 3.41. The maximum Gasteiger partial charge on any atom is 0.123 e. The second-order valence-corrected chi connectivity index (χ2v) is 4.67. The van der Waals surface area contributed by atoms with Gasteiger partial charge < -0.3 is 4.74 Å². The normalized spacial score (nSPS) is 18.7. The second kappa shape index (κ2) is 4.97. The number of unbranched alkanes of at least 4 members (excludes halogenated alkanes) is 1. The van der Waals surface area contributed by atoms with Crippen molar-refractivity contribution in [3.63, 3.8) is 0 Å². The Morgan fingerprint density at radius 2 is 2.27 bits per heavy atom. The lowest BCUT2D eigenvalue weighted by Crippen LogP contribution is -2.12. The van der Waals surface area contributed by atoms with Gasteiger partial charge in [0, 0.05) is 17.3 Å². The Hall–Kier alpha value is -0.570. The third-order valence-corrected chi connectivity index (χ3v) is 3.23. The van der Waals surface area contributed by atoms with Crippen molar-refractivity contribution in [1.29, 1.82) is 0 Å². The lowest BCUT2D eigenvalue weighted by Gasteiger charge is -2.09. The quantitative estimate of drug-likeness (QED) is 0.600. The maximum absolute atomic E-state index is 12.9. The van der Waals surface area contributed by atoms with Gasteiger partial charge in [-0.25, -0.2) is 4.39 Å². The zero-order chi connectivity index (χ0) is 10.7. The molecule has 82 valence electrons. The van der Waals surface area contributed by atoms with E-state index in [1.807, 2.05) is 0 Å². The van der Waals surface area contributed by atoms with Crippen LogP contribution in [-0.4, -0.2) is 11.4 Å². The van der Waals surface area contributed by atoms with E-state index in [2.05, 4.69) is 15.9 Å². The van der Waals surface area contributed by atoms with Crippen molar-refractivity contribution in [1.82, 2.24) is 0 Å². The molecule has 0 spiro atoms. The number of rotatable bonds is 4. The van der Waals surface area contributed by atoms with Crippen LogP contribution in [0.1, 0.15) is 24.8 Å². The third-order valence-electron chi connectivity index (χ3n) is 2.67. The van der Waals surface area contributed by atoms with Gasteiger partial charge in [-0.1, -0.05) is 15.9 Å². The third kappa shape index (κ3) is 2.71. The molecule has 1 unspecified atom stereocenters. The maximum atomic E-state index is 12.9. The van der Waals surface area contributed by atoms with Crippen LogP contribution in [0.4, 0.5) is 4.39 Å². The van der Waals surface area contributed by atoms with Gasteiger partial charge >= 0.3 is 0 Å². The molecule has 1 aromatic rings. The number of benzene rings is 1. The zero-order valence-corrected chi connectivity index (χ0v) is 10.1. The summed E-state index contributed by atoms with van der Waals surface area (Å²) in [5.74, 6) is 0.693. The molecule has 1 aliphatic heterocycles. The van der Waals surface area contributed by atoms with E-state index in [4.69, 9.17) is 4.74 Å². The van der Waals surface area contributed by atoms with Crippen molar-refractivity contribution < 1.29 is 9.13 Å². The molecule has 0 saturated carbocycles. The molecular formula is C12H14BrFO. The SMILES string of the molecule is Fc1ccc2c(c1)CC(CCCCBr)O2. The number of hydrogen-bond donors (Lipinski definition) is 0. The van der Waals surface area contributed by atoms with Gasteiger partial charge in [0.15, 0.2) is 0 Å². The van der Waals surface area contributed by atoms with Crippen LogP contribution in [0.15, 0.2) is 18.2 Å². The van der Waals surface area contributed by atoms with Crippen LogP contribution < -0.4 is 4.74 Å². The molecule has 0 aliphatic carbocycles. The lowest BCUT2D eigenvalue weighted by molar-refractivity contribution is 0.218. The fourth-order valence-corrected chi connectivity index (χ4v) is 2.31. The Morgan fingerprint density at radius 3 is 3.07 bits per heavy atom. The van der Waals surface area contributed by atoms with Gasteiger partial charge in [0.05, 0.1) is 0 Å². The summed E-state index contributed by atoms with van der Waals surface area (Å²) in [6.07, 6.45) is 4.50. The largest absolute Gasteiger partial charge is 0.490 e. The molecule has 1 heterocycles. The van der Waals surface area contributed by atoms with Crippen LogP contribution in [0.3, 0.4) is 0 Å². The van der Waals surface area contributed by atoms with E-state index in [1.54, 1.807) is 12.1 Å². The van der Waals surface area contributed by atoms with Gasteiger partial charge in [0.25, 0.3) is 0 Å². The predicted octanol–water partition coefficient (Wildman–Crippen LogP) is 3.69. The lowest BCUT2D eigenvalue weighted by atomic mass is 10.1. The highest BCUT2D eigenvalue weighted by atomic mass is 79.9. The fourth-order valence-electron chi connectivity index (χ4n) is 1.92. The molecule has 3 heteroatoms. The van der Waals surface area contributed by atoms with E-state index >= 15 is 0 Å². The summed E-state index contributed by atoms with van der Waals surface area (Å²) < 4.78 is 18.7. The van der Waals surface area contributed by atoms with Gasteiger partial charge in [0.1, 0.15) is 17.7 Å². The first-order chi connectivity index (χ1) is 7.29. The summed E-state index contributed by atoms with van der Waals surface area (Å²) in [4.78, 5) is 0. The molecule has 1 nitrogen and oxygen atoms in total. The second-order valence-electron chi connectivity index (χ2n) is 3.88. The van der Waals surface area contributed by atoms with Gasteiger partial charge in [-0.15, -0.1) is 0 Å². The van der Waals surface area contributed by atoms with Crippen LogP contribution in [0.5, 0.6) is 5.75 Å². The van der Waals surface area contributed by atoms with E-state index in [-0.39, 0.29) is 11.9 Å². The van der Waals surface area contributed by atoms with Crippen LogP contribution >= 0.6 is 15.9 Å². The smallest absolute Gasteiger partial charge is 0.123 e. The summed E-state index contributed by atoms with van der Waals surface area (Å²) in [6, 6.07) is 4.77. The first-order valence-electron chi connectivity index (χ1n) is 5.30. The summed E-state index contributed by atoms with van der Waals surface area (Å²) in [5.41, 5.74) is 1.01. The Labute approximate surface area is 97.8 Å². The van der Waals surface area contributed by atoms with E-state index < -0.39 is 0 Å². The monoisotopic (exact) mass is 272 g/mol. The highest BCUT2D eigenvalue weighted by Gasteiger charge is 2.22. The molecule has 1 aliphatic rings. The average Bonchev–Trinajstić information content (AvgIpc) is 2.60. The highest BCUT2D eigenvalue weighted by Crippen LogP contribution is 2.31. The minimum Gasteiger partial charge on any atom is -0.490 e. The van der Waals surface area contributed by atoms with Crippen molar-refractivity contribution >= 4 is 15.9 Å². The van der Waals surface area contributed by atoms with Crippen LogP contribution in [0, 0.1) is 5.82 Å². The topological polar surface area (TPSA) is 9.23 Å². The molecule has 0 fully saturated rings. The van der Waals surface area contributed by atoms with Crippen molar-refractivity contribution in [2.45, 2.75) is 31.8 Å². The predicted molar refractivity (Wildman–Crippen MR) is 62.2 cm³/mol. The Balaban J connectivity index is 1.91. The molecule has 0 saturated heterocycles. The van der Waals surface area contributed by atoms with Gasteiger partial charge in [-0.05, 0) is 37.5 Å². The number of fused-ring (bicyclic) bond motifs is 1. The summed E-state index contributed by atoms with van der Waals surface area (Å²) in [5, 5.41) is 1.04. The molecule has 0 N–H and O–H groups in total. The fraction of sp³-hybridized carbons (Fsp3) is 0.500. The van der Waals surface area contributed by atoms with Gasteiger partial charge in [0.2, 0.25) is 0 Å². The minimum atomic E-state index is -0.168. The molecule has 2 rings (SSSR count). The molecule has 0 bridgehead atoms. The number of halogens is 2. The Kier molecular flexibility index (Phi) is 3.62. The van der Waals surface area contributed by atoms with Crippen molar-refractivity contribution in [3.05, 3.63) is 29.6 Å². The van der Waals surface area contributed by atoms with E-state index in [0.29, 0.717) is 0 Å². The van der Waals surface area contributed by atoms with E-state index in [9.17, 15) is 4.39 Å². The molecule has 0 aromatic heterocycles. The molecule has 15 heavy (non-hydrogen) atoms. The van der Waals surface area contributed by atoms with Crippen LogP contribution in [0.25, 0.3) is 0 Å². The molecule has 0 amide bonds. The van der Waals surface area contributed by atoms with Gasteiger partial charge in [-0.3, -0.25) is 0 Å².